The molecule has 0 amide bonds. The summed E-state index contributed by atoms with van der Waals surface area (Å²) in [5, 5.41) is 2.60. The third-order valence-corrected chi connectivity index (χ3v) is 2.53. The van der Waals surface area contributed by atoms with E-state index in [1.807, 2.05) is 0 Å². The molecule has 0 bridgehead atoms. The zero-order valence-corrected chi connectivity index (χ0v) is 10.1. The molecule has 0 saturated carbocycles. The van der Waals surface area contributed by atoms with Gasteiger partial charge in [0.25, 0.3) is 5.95 Å². The fourth-order valence-electron chi connectivity index (χ4n) is 1.60. The van der Waals surface area contributed by atoms with Gasteiger partial charge < -0.3 is 10.1 Å². The van der Waals surface area contributed by atoms with Gasteiger partial charge in [0, 0.05) is 18.2 Å². The lowest BCUT2D eigenvalue weighted by Gasteiger charge is -2.10. The lowest BCUT2D eigenvalue weighted by atomic mass is 10.2. The Kier molecular flexibility index (Phi) is 3.89. The molecule has 1 aromatic heterocycles. The van der Waals surface area contributed by atoms with Gasteiger partial charge in [0.15, 0.2) is 17.5 Å². The number of benzene rings is 1. The summed E-state index contributed by atoms with van der Waals surface area (Å²) in [4.78, 5) is 3.17. The Morgan fingerprint density at radius 2 is 1.89 bits per heavy atom. The van der Waals surface area contributed by atoms with Gasteiger partial charge in [-0.2, -0.15) is 9.37 Å². The first-order valence-electron chi connectivity index (χ1n) is 5.49. The van der Waals surface area contributed by atoms with Crippen molar-refractivity contribution in [2.45, 2.75) is 6.54 Å². The highest BCUT2D eigenvalue weighted by Gasteiger charge is 2.11. The topological polar surface area (TPSA) is 34.1 Å². The Morgan fingerprint density at radius 1 is 1.16 bits per heavy atom. The Bertz CT molecular complexity index is 590. The van der Waals surface area contributed by atoms with Crippen LogP contribution in [-0.2, 0) is 6.54 Å². The predicted octanol–water partition coefficient (Wildman–Crippen LogP) is 3.12. The lowest BCUT2D eigenvalue weighted by Crippen LogP contribution is -2.07. The molecule has 0 fully saturated rings. The summed E-state index contributed by atoms with van der Waals surface area (Å²) in [5.41, 5.74) is 0.746. The molecule has 6 heteroatoms. The van der Waals surface area contributed by atoms with Gasteiger partial charge in [-0.25, -0.2) is 8.78 Å². The molecule has 1 aromatic carbocycles. The average Bonchev–Trinajstić information content (AvgIpc) is 2.41. The third kappa shape index (κ3) is 2.96. The molecule has 100 valence electrons. The van der Waals surface area contributed by atoms with Crippen LogP contribution in [0.25, 0.3) is 0 Å². The molecule has 0 aliphatic carbocycles. The van der Waals surface area contributed by atoms with Crippen LogP contribution in [0.4, 0.5) is 19.0 Å². The quantitative estimate of drug-likeness (QED) is 0.865. The Labute approximate surface area is 108 Å². The van der Waals surface area contributed by atoms with Crippen LogP contribution in [0.15, 0.2) is 30.3 Å². The van der Waals surface area contributed by atoms with Crippen LogP contribution in [0.2, 0.25) is 0 Å². The highest BCUT2D eigenvalue weighted by atomic mass is 19.2. The largest absolute Gasteiger partial charge is 0.496 e. The standard InChI is InChI=1S/C13H11F3N2O/c1-19-11-5-3-2-4-8(11)7-17-13-10(15)6-9(14)12(16)18-13/h2-6H,7H2,1H3,(H,17,18). The zero-order valence-electron chi connectivity index (χ0n) is 10.1. The number of anilines is 1. The summed E-state index contributed by atoms with van der Waals surface area (Å²) >= 11 is 0. The van der Waals surface area contributed by atoms with Crippen molar-refractivity contribution in [3.63, 3.8) is 0 Å². The number of hydrogen-bond donors (Lipinski definition) is 1. The maximum atomic E-state index is 13.4. The molecule has 1 heterocycles. The van der Waals surface area contributed by atoms with Gasteiger partial charge in [-0.15, -0.1) is 0 Å². The fraction of sp³-hybridized carbons (Fsp3) is 0.154. The minimum Gasteiger partial charge on any atom is -0.496 e. The van der Waals surface area contributed by atoms with Gasteiger partial charge in [0.2, 0.25) is 0 Å². The molecule has 0 aliphatic rings. The van der Waals surface area contributed by atoms with Crippen molar-refractivity contribution in [3.8, 4) is 5.75 Å². The molecule has 0 unspecified atom stereocenters. The van der Waals surface area contributed by atoms with Crippen molar-refractivity contribution in [2.24, 2.45) is 0 Å². The first-order chi connectivity index (χ1) is 9.11. The second-order valence-electron chi connectivity index (χ2n) is 3.76. The van der Waals surface area contributed by atoms with Gasteiger partial charge in [-0.1, -0.05) is 18.2 Å². The zero-order chi connectivity index (χ0) is 13.8. The molecule has 0 saturated heterocycles. The van der Waals surface area contributed by atoms with E-state index in [9.17, 15) is 13.2 Å². The molecule has 0 atom stereocenters. The number of aromatic nitrogens is 1. The SMILES string of the molecule is COc1ccccc1CNc1nc(F)c(F)cc1F. The molecular formula is C13H11F3N2O. The van der Waals surface area contributed by atoms with Gasteiger partial charge in [-0.3, -0.25) is 0 Å². The summed E-state index contributed by atoms with van der Waals surface area (Å²) in [7, 11) is 1.51. The molecule has 3 nitrogen and oxygen atoms in total. The van der Waals surface area contributed by atoms with E-state index in [1.54, 1.807) is 24.3 Å². The normalized spacial score (nSPS) is 10.3. The van der Waals surface area contributed by atoms with Gasteiger partial charge >= 0.3 is 0 Å². The van der Waals surface area contributed by atoms with E-state index in [-0.39, 0.29) is 12.4 Å². The number of halogens is 3. The van der Waals surface area contributed by atoms with E-state index in [2.05, 4.69) is 10.3 Å². The number of methoxy groups -OCH3 is 1. The van der Waals surface area contributed by atoms with E-state index in [0.29, 0.717) is 11.8 Å². The number of pyridine rings is 1. The smallest absolute Gasteiger partial charge is 0.251 e. The van der Waals surface area contributed by atoms with Crippen LogP contribution >= 0.6 is 0 Å². The summed E-state index contributed by atoms with van der Waals surface area (Å²) in [5.74, 6) is -3.35. The monoisotopic (exact) mass is 268 g/mol. The fourth-order valence-corrected chi connectivity index (χ4v) is 1.60. The van der Waals surface area contributed by atoms with Crippen LogP contribution in [0.5, 0.6) is 5.75 Å². The second-order valence-corrected chi connectivity index (χ2v) is 3.76. The summed E-state index contributed by atoms with van der Waals surface area (Å²) in [6, 6.07) is 7.54. The Balaban J connectivity index is 2.17. The van der Waals surface area contributed by atoms with E-state index in [0.717, 1.165) is 5.56 Å². The molecule has 2 aromatic rings. The van der Waals surface area contributed by atoms with E-state index in [4.69, 9.17) is 4.74 Å². The Morgan fingerprint density at radius 3 is 2.63 bits per heavy atom. The van der Waals surface area contributed by atoms with E-state index >= 15 is 0 Å². The first-order valence-corrected chi connectivity index (χ1v) is 5.49. The number of para-hydroxylation sites is 1. The minimum atomic E-state index is -1.34. The molecule has 1 N–H and O–H groups in total. The molecule has 0 spiro atoms. The van der Waals surface area contributed by atoms with Crippen molar-refractivity contribution < 1.29 is 17.9 Å². The van der Waals surface area contributed by atoms with Crippen LogP contribution < -0.4 is 10.1 Å². The van der Waals surface area contributed by atoms with Crippen LogP contribution in [-0.4, -0.2) is 12.1 Å². The summed E-state index contributed by atoms with van der Waals surface area (Å²) in [6.45, 7) is 0.180. The highest BCUT2D eigenvalue weighted by molar-refractivity contribution is 5.40. The number of nitrogens with zero attached hydrogens (tertiary/aromatic N) is 1. The highest BCUT2D eigenvalue weighted by Crippen LogP contribution is 2.20. The van der Waals surface area contributed by atoms with Crippen LogP contribution in [0.1, 0.15) is 5.56 Å². The van der Waals surface area contributed by atoms with E-state index < -0.39 is 17.6 Å². The van der Waals surface area contributed by atoms with Crippen molar-refractivity contribution in [2.75, 3.05) is 12.4 Å². The molecule has 0 aliphatic heterocycles. The Hall–Kier alpha value is -2.24. The van der Waals surface area contributed by atoms with Crippen molar-refractivity contribution in [1.82, 2.24) is 4.98 Å². The van der Waals surface area contributed by atoms with E-state index in [1.165, 1.54) is 7.11 Å². The van der Waals surface area contributed by atoms with Crippen LogP contribution in [0, 0.1) is 17.6 Å². The maximum absolute atomic E-state index is 13.4. The summed E-state index contributed by atoms with van der Waals surface area (Å²) < 4.78 is 44.1. The number of ether oxygens (including phenoxy) is 1. The van der Waals surface area contributed by atoms with Gasteiger partial charge in [0.05, 0.1) is 7.11 Å². The second kappa shape index (κ2) is 5.60. The van der Waals surface area contributed by atoms with Crippen molar-refractivity contribution >= 4 is 5.82 Å². The third-order valence-electron chi connectivity index (χ3n) is 2.53. The maximum Gasteiger partial charge on any atom is 0.251 e. The van der Waals surface area contributed by atoms with Crippen molar-refractivity contribution in [3.05, 3.63) is 53.5 Å². The molecule has 2 rings (SSSR count). The molecule has 19 heavy (non-hydrogen) atoms. The predicted molar refractivity (Wildman–Crippen MR) is 64.4 cm³/mol. The van der Waals surface area contributed by atoms with Gasteiger partial charge in [0.1, 0.15) is 5.75 Å². The molecular weight excluding hydrogens is 257 g/mol. The number of rotatable bonds is 4. The van der Waals surface area contributed by atoms with Crippen LogP contribution in [0.3, 0.4) is 0 Å². The minimum absolute atomic E-state index is 0.180. The summed E-state index contributed by atoms with van der Waals surface area (Å²) in [6.07, 6.45) is 0. The van der Waals surface area contributed by atoms with Gasteiger partial charge in [-0.05, 0) is 6.07 Å². The lowest BCUT2D eigenvalue weighted by molar-refractivity contribution is 0.410. The van der Waals surface area contributed by atoms with Crippen molar-refractivity contribution in [1.29, 1.82) is 0 Å². The number of nitrogens with one attached hydrogen (secondary N) is 1. The number of hydrogen-bond acceptors (Lipinski definition) is 3. The molecule has 0 radical (unpaired) electrons. The average molecular weight is 268 g/mol. The first kappa shape index (κ1) is 13.2.